The molecule has 0 spiro atoms. The maximum absolute atomic E-state index is 12.4. The van der Waals surface area contributed by atoms with Crippen molar-refractivity contribution < 1.29 is 9.53 Å². The van der Waals surface area contributed by atoms with Crippen LogP contribution in [0.3, 0.4) is 0 Å². The van der Waals surface area contributed by atoms with Crippen molar-refractivity contribution in [3.63, 3.8) is 0 Å². The van der Waals surface area contributed by atoms with Gasteiger partial charge >= 0.3 is 0 Å². The van der Waals surface area contributed by atoms with Crippen LogP contribution in [0.2, 0.25) is 0 Å². The fourth-order valence-corrected chi connectivity index (χ4v) is 3.90. The minimum Gasteiger partial charge on any atom is -0.501 e. The van der Waals surface area contributed by atoms with Crippen LogP contribution in [0.4, 0.5) is 0 Å². The lowest BCUT2D eigenvalue weighted by Crippen LogP contribution is -2.08. The molecule has 1 aliphatic heterocycles. The van der Waals surface area contributed by atoms with Gasteiger partial charge in [-0.2, -0.15) is 0 Å². The molecule has 2 nitrogen and oxygen atoms in total. The van der Waals surface area contributed by atoms with Gasteiger partial charge in [0, 0.05) is 10.5 Å². The predicted molar refractivity (Wildman–Crippen MR) is 73.2 cm³/mol. The molecule has 0 unspecified atom stereocenters. The van der Waals surface area contributed by atoms with E-state index >= 15 is 0 Å². The first-order valence-electron chi connectivity index (χ1n) is 6.81. The molecule has 2 aliphatic rings. The quantitative estimate of drug-likeness (QED) is 0.597. The number of rotatable bonds is 2. The molecule has 18 heavy (non-hydrogen) atoms. The van der Waals surface area contributed by atoms with Gasteiger partial charge in [0.25, 0.3) is 0 Å². The van der Waals surface area contributed by atoms with E-state index in [0.717, 1.165) is 42.7 Å². The number of ether oxygens (including phenoxy) is 1. The van der Waals surface area contributed by atoms with Gasteiger partial charge in [0.1, 0.15) is 0 Å². The van der Waals surface area contributed by atoms with E-state index in [0.29, 0.717) is 0 Å². The molecule has 0 N–H and O–H groups in total. The number of carbonyl (C=O) groups excluding carboxylic acids is 1. The molecule has 0 aromatic carbocycles. The number of thiophene rings is 1. The highest BCUT2D eigenvalue weighted by Crippen LogP contribution is 2.31. The second-order valence-corrected chi connectivity index (χ2v) is 6.20. The van der Waals surface area contributed by atoms with Crippen LogP contribution < -0.4 is 0 Å². The van der Waals surface area contributed by atoms with Crippen molar-refractivity contribution in [1.82, 2.24) is 0 Å². The normalized spacial score (nSPS) is 19.4. The Hall–Kier alpha value is -1.09. The Morgan fingerprint density at radius 2 is 2.00 bits per heavy atom. The van der Waals surface area contributed by atoms with Crippen molar-refractivity contribution in [2.45, 2.75) is 44.9 Å². The number of allylic oxidation sites excluding steroid dienone is 1. The second kappa shape index (κ2) is 5.27. The van der Waals surface area contributed by atoms with Crippen LogP contribution in [0, 0.1) is 0 Å². The number of ketones is 1. The molecule has 3 rings (SSSR count). The SMILES string of the molecule is O=C(C1=COCCC1)c1cc2c(s1)CCCCC2. The minimum absolute atomic E-state index is 0.188. The maximum Gasteiger partial charge on any atom is 0.202 e. The molecule has 0 radical (unpaired) electrons. The Morgan fingerprint density at radius 1 is 1.11 bits per heavy atom. The van der Waals surface area contributed by atoms with Gasteiger partial charge < -0.3 is 4.74 Å². The topological polar surface area (TPSA) is 26.3 Å². The first kappa shape index (κ1) is 12.0. The highest BCUT2D eigenvalue weighted by Gasteiger charge is 2.20. The second-order valence-electron chi connectivity index (χ2n) is 5.07. The van der Waals surface area contributed by atoms with Gasteiger partial charge in [-0.3, -0.25) is 4.79 Å². The van der Waals surface area contributed by atoms with E-state index in [1.165, 1.54) is 29.7 Å². The molecule has 0 atom stereocenters. The van der Waals surface area contributed by atoms with Crippen LogP contribution in [-0.2, 0) is 17.6 Å². The number of Topliss-reactive ketones (excluding diaryl/α,β-unsaturated/α-hetero) is 1. The van der Waals surface area contributed by atoms with Crippen molar-refractivity contribution in [2.24, 2.45) is 0 Å². The summed E-state index contributed by atoms with van der Waals surface area (Å²) in [5, 5.41) is 0. The van der Waals surface area contributed by atoms with E-state index in [9.17, 15) is 4.79 Å². The number of aryl methyl sites for hydroxylation is 2. The van der Waals surface area contributed by atoms with Gasteiger partial charge in [0.15, 0.2) is 0 Å². The lowest BCUT2D eigenvalue weighted by molar-refractivity contribution is 0.101. The largest absolute Gasteiger partial charge is 0.501 e. The van der Waals surface area contributed by atoms with Crippen LogP contribution in [0.5, 0.6) is 0 Å². The zero-order chi connectivity index (χ0) is 12.4. The predicted octanol–water partition coefficient (Wildman–Crippen LogP) is 3.89. The van der Waals surface area contributed by atoms with Crippen LogP contribution in [0.15, 0.2) is 17.9 Å². The lowest BCUT2D eigenvalue weighted by Gasteiger charge is -2.11. The fraction of sp³-hybridized carbons (Fsp3) is 0.533. The van der Waals surface area contributed by atoms with Crippen LogP contribution in [0.25, 0.3) is 0 Å². The number of hydrogen-bond acceptors (Lipinski definition) is 3. The molecule has 0 saturated carbocycles. The Kier molecular flexibility index (Phi) is 3.50. The van der Waals surface area contributed by atoms with E-state index in [1.807, 2.05) is 0 Å². The summed E-state index contributed by atoms with van der Waals surface area (Å²) in [6.07, 6.45) is 9.65. The van der Waals surface area contributed by atoms with E-state index in [-0.39, 0.29) is 5.78 Å². The molecule has 2 heterocycles. The third kappa shape index (κ3) is 2.37. The van der Waals surface area contributed by atoms with E-state index in [4.69, 9.17) is 4.74 Å². The highest BCUT2D eigenvalue weighted by atomic mass is 32.1. The van der Waals surface area contributed by atoms with E-state index in [2.05, 4.69) is 6.07 Å². The Labute approximate surface area is 112 Å². The monoisotopic (exact) mass is 262 g/mol. The number of carbonyl (C=O) groups is 1. The van der Waals surface area contributed by atoms with Crippen LogP contribution in [-0.4, -0.2) is 12.4 Å². The third-order valence-corrected chi connectivity index (χ3v) is 4.93. The molecule has 96 valence electrons. The molecule has 0 bridgehead atoms. The average Bonchev–Trinajstić information content (AvgIpc) is 2.70. The molecular formula is C15H18O2S. The molecule has 1 aliphatic carbocycles. The number of fused-ring (bicyclic) bond motifs is 1. The van der Waals surface area contributed by atoms with Gasteiger partial charge in [0.05, 0.1) is 17.7 Å². The first-order chi connectivity index (χ1) is 8.84. The maximum atomic E-state index is 12.4. The van der Waals surface area contributed by atoms with E-state index < -0.39 is 0 Å². The fourth-order valence-electron chi connectivity index (χ4n) is 2.67. The Balaban J connectivity index is 1.84. The van der Waals surface area contributed by atoms with Crippen molar-refractivity contribution in [1.29, 1.82) is 0 Å². The standard InChI is InChI=1S/C15H18O2S/c16-15(12-6-4-8-17-10-12)14-9-11-5-2-1-3-7-13(11)18-14/h9-10H,1-8H2. The molecule has 0 amide bonds. The summed E-state index contributed by atoms with van der Waals surface area (Å²) in [4.78, 5) is 14.7. The highest BCUT2D eigenvalue weighted by molar-refractivity contribution is 7.14. The van der Waals surface area contributed by atoms with Gasteiger partial charge in [-0.15, -0.1) is 11.3 Å². The van der Waals surface area contributed by atoms with Crippen molar-refractivity contribution in [3.05, 3.63) is 33.2 Å². The zero-order valence-electron chi connectivity index (χ0n) is 10.5. The third-order valence-electron chi connectivity index (χ3n) is 3.70. The molecule has 0 fully saturated rings. The van der Waals surface area contributed by atoms with Crippen molar-refractivity contribution >= 4 is 17.1 Å². The molecule has 3 heteroatoms. The van der Waals surface area contributed by atoms with Crippen LogP contribution >= 0.6 is 11.3 Å². The first-order valence-corrected chi connectivity index (χ1v) is 7.63. The van der Waals surface area contributed by atoms with Gasteiger partial charge in [-0.25, -0.2) is 0 Å². The van der Waals surface area contributed by atoms with Crippen LogP contribution in [0.1, 0.15) is 52.2 Å². The summed E-state index contributed by atoms with van der Waals surface area (Å²) >= 11 is 1.70. The van der Waals surface area contributed by atoms with Crippen molar-refractivity contribution in [3.8, 4) is 0 Å². The summed E-state index contributed by atoms with van der Waals surface area (Å²) in [6.45, 7) is 0.748. The minimum atomic E-state index is 0.188. The zero-order valence-corrected chi connectivity index (χ0v) is 11.4. The summed E-state index contributed by atoms with van der Waals surface area (Å²) in [7, 11) is 0. The molecule has 1 aromatic rings. The molecule has 0 saturated heterocycles. The summed E-state index contributed by atoms with van der Waals surface area (Å²) in [5.41, 5.74) is 2.26. The van der Waals surface area contributed by atoms with Gasteiger partial charge in [-0.05, 0) is 50.2 Å². The smallest absolute Gasteiger partial charge is 0.202 e. The van der Waals surface area contributed by atoms with Crippen molar-refractivity contribution in [2.75, 3.05) is 6.61 Å². The van der Waals surface area contributed by atoms with E-state index in [1.54, 1.807) is 17.6 Å². The molecular weight excluding hydrogens is 244 g/mol. The summed E-state index contributed by atoms with van der Waals surface area (Å²) < 4.78 is 5.27. The number of hydrogen-bond donors (Lipinski definition) is 0. The lowest BCUT2D eigenvalue weighted by atomic mass is 10.0. The Morgan fingerprint density at radius 3 is 2.83 bits per heavy atom. The Bertz CT molecular complexity index is 461. The average molecular weight is 262 g/mol. The van der Waals surface area contributed by atoms with Gasteiger partial charge in [0.2, 0.25) is 5.78 Å². The molecule has 1 aromatic heterocycles. The summed E-state index contributed by atoms with van der Waals surface area (Å²) in [6, 6.07) is 2.13. The summed E-state index contributed by atoms with van der Waals surface area (Å²) in [5.74, 6) is 0.188. The van der Waals surface area contributed by atoms with Gasteiger partial charge in [-0.1, -0.05) is 6.42 Å².